The van der Waals surface area contributed by atoms with E-state index in [4.69, 9.17) is 22.7 Å². The number of amidine groups is 1. The van der Waals surface area contributed by atoms with E-state index in [0.717, 1.165) is 17.1 Å². The van der Waals surface area contributed by atoms with Crippen LogP contribution in [0, 0.1) is 5.41 Å². The van der Waals surface area contributed by atoms with Crippen molar-refractivity contribution in [3.8, 4) is 0 Å². The minimum Gasteiger partial charge on any atom is -0.384 e. The summed E-state index contributed by atoms with van der Waals surface area (Å²) in [4.78, 5) is 18.5. The predicted molar refractivity (Wildman–Crippen MR) is 124 cm³/mol. The average Bonchev–Trinajstić information content (AvgIpc) is 3.11. The summed E-state index contributed by atoms with van der Waals surface area (Å²) in [7, 11) is 0. The number of fused-ring (bicyclic) bond motifs is 1. The molecular weight excluding hydrogens is 416 g/mol. The van der Waals surface area contributed by atoms with Crippen molar-refractivity contribution in [3.05, 3.63) is 69.6 Å². The zero-order chi connectivity index (χ0) is 21.4. The van der Waals surface area contributed by atoms with Gasteiger partial charge in [-0.05, 0) is 43.0 Å². The second-order valence-corrected chi connectivity index (χ2v) is 9.53. The molecule has 2 unspecified atom stereocenters. The van der Waals surface area contributed by atoms with Crippen LogP contribution in [-0.2, 0) is 17.9 Å². The standard InChI is InChI=1S/C23H25ClN4OS/c1-14-11-27(12-16-3-5-17(6-4-16)22(25)26)23(29)15(2)28(14)13-20-9-18-7-8-19(24)10-21(18)30-20/h3-10,14-15H,11-13H2,1-2H3,(H3,25,26). The SMILES string of the molecule is CC1CN(Cc2ccc(C(=N)N)cc2)C(=O)C(C)N1Cc1cc2ccc(Cl)cc2s1. The number of amides is 1. The molecule has 1 aliphatic heterocycles. The van der Waals surface area contributed by atoms with Gasteiger partial charge in [-0.3, -0.25) is 15.1 Å². The van der Waals surface area contributed by atoms with Crippen molar-refractivity contribution in [3.63, 3.8) is 0 Å². The van der Waals surface area contributed by atoms with Crippen molar-refractivity contribution in [1.29, 1.82) is 5.41 Å². The summed E-state index contributed by atoms with van der Waals surface area (Å²) in [6.45, 7) is 6.19. The first-order chi connectivity index (χ1) is 14.3. The molecule has 0 radical (unpaired) electrons. The average molecular weight is 441 g/mol. The number of hydrogen-bond donors (Lipinski definition) is 2. The highest BCUT2D eigenvalue weighted by Gasteiger charge is 2.36. The van der Waals surface area contributed by atoms with E-state index in [9.17, 15) is 4.79 Å². The Hall–Kier alpha value is -2.41. The minimum atomic E-state index is -0.181. The Morgan fingerprint density at radius 1 is 1.17 bits per heavy atom. The molecule has 0 saturated carbocycles. The molecule has 4 rings (SSSR count). The molecule has 2 aromatic carbocycles. The third-order valence-electron chi connectivity index (χ3n) is 5.73. The maximum Gasteiger partial charge on any atom is 0.240 e. The highest BCUT2D eigenvalue weighted by Crippen LogP contribution is 2.31. The summed E-state index contributed by atoms with van der Waals surface area (Å²) in [5.41, 5.74) is 7.26. The summed E-state index contributed by atoms with van der Waals surface area (Å²) in [6, 6.07) is 15.8. The van der Waals surface area contributed by atoms with Crippen LogP contribution in [0.15, 0.2) is 48.5 Å². The van der Waals surface area contributed by atoms with Gasteiger partial charge in [0.15, 0.2) is 0 Å². The summed E-state index contributed by atoms with van der Waals surface area (Å²) in [6.07, 6.45) is 0. The van der Waals surface area contributed by atoms with Crippen LogP contribution in [0.25, 0.3) is 10.1 Å². The molecule has 1 amide bonds. The Kier molecular flexibility index (Phi) is 5.82. The second kappa shape index (κ2) is 8.38. The first kappa shape index (κ1) is 20.8. The zero-order valence-electron chi connectivity index (χ0n) is 17.1. The van der Waals surface area contributed by atoms with E-state index in [1.54, 1.807) is 11.3 Å². The van der Waals surface area contributed by atoms with E-state index >= 15 is 0 Å². The Labute approximate surface area is 185 Å². The number of thiophene rings is 1. The van der Waals surface area contributed by atoms with Gasteiger partial charge in [-0.15, -0.1) is 11.3 Å². The fourth-order valence-corrected chi connectivity index (χ4v) is 5.41. The van der Waals surface area contributed by atoms with Gasteiger partial charge in [-0.25, -0.2) is 0 Å². The smallest absolute Gasteiger partial charge is 0.240 e. The molecular formula is C23H25ClN4OS. The number of halogens is 1. The maximum atomic E-state index is 13.1. The summed E-state index contributed by atoms with van der Waals surface area (Å²) in [5.74, 6) is 0.199. The second-order valence-electron chi connectivity index (χ2n) is 7.92. The normalized spacial score (nSPS) is 20.1. The molecule has 2 heterocycles. The van der Waals surface area contributed by atoms with Crippen molar-refractivity contribution >= 4 is 44.8 Å². The Morgan fingerprint density at radius 2 is 1.90 bits per heavy atom. The summed E-state index contributed by atoms with van der Waals surface area (Å²) >= 11 is 7.86. The Morgan fingerprint density at radius 3 is 2.60 bits per heavy atom. The van der Waals surface area contributed by atoms with Gasteiger partial charge in [0.1, 0.15) is 5.84 Å². The summed E-state index contributed by atoms with van der Waals surface area (Å²) < 4.78 is 1.18. The number of carbonyl (C=O) groups is 1. The molecule has 2 atom stereocenters. The van der Waals surface area contributed by atoms with Crippen molar-refractivity contribution in [2.75, 3.05) is 6.54 Å². The molecule has 7 heteroatoms. The van der Waals surface area contributed by atoms with E-state index in [1.165, 1.54) is 15.0 Å². The molecule has 3 N–H and O–H groups in total. The van der Waals surface area contributed by atoms with Crippen LogP contribution in [0.3, 0.4) is 0 Å². The number of nitrogens with two attached hydrogens (primary N) is 1. The molecule has 1 aromatic heterocycles. The predicted octanol–water partition coefficient (Wildman–Crippen LogP) is 4.46. The Balaban J connectivity index is 1.46. The van der Waals surface area contributed by atoms with E-state index in [1.807, 2.05) is 54.3 Å². The molecule has 0 spiro atoms. The van der Waals surface area contributed by atoms with Crippen molar-refractivity contribution in [2.24, 2.45) is 5.73 Å². The lowest BCUT2D eigenvalue weighted by Gasteiger charge is -2.43. The van der Waals surface area contributed by atoms with Crippen molar-refractivity contribution < 1.29 is 4.79 Å². The van der Waals surface area contributed by atoms with Gasteiger partial charge in [0, 0.05) is 45.8 Å². The van der Waals surface area contributed by atoms with Crippen LogP contribution < -0.4 is 5.73 Å². The zero-order valence-corrected chi connectivity index (χ0v) is 18.6. The van der Waals surface area contributed by atoms with E-state index in [-0.39, 0.29) is 23.8 Å². The van der Waals surface area contributed by atoms with Crippen LogP contribution in [0.1, 0.15) is 29.9 Å². The number of nitrogens with zero attached hydrogens (tertiary/aromatic N) is 2. The molecule has 156 valence electrons. The highest BCUT2D eigenvalue weighted by atomic mass is 35.5. The number of nitrogen functional groups attached to an aromatic ring is 1. The van der Waals surface area contributed by atoms with Gasteiger partial charge >= 0.3 is 0 Å². The minimum absolute atomic E-state index is 0.0528. The molecule has 3 aromatic rings. The van der Waals surface area contributed by atoms with Crippen molar-refractivity contribution in [1.82, 2.24) is 9.80 Å². The lowest BCUT2D eigenvalue weighted by molar-refractivity contribution is -0.145. The van der Waals surface area contributed by atoms with Gasteiger partial charge < -0.3 is 10.6 Å². The van der Waals surface area contributed by atoms with Crippen LogP contribution in [-0.4, -0.2) is 40.2 Å². The first-order valence-corrected chi connectivity index (χ1v) is 11.2. The molecule has 30 heavy (non-hydrogen) atoms. The van der Waals surface area contributed by atoms with Gasteiger partial charge in [0.2, 0.25) is 5.91 Å². The Bertz CT molecular complexity index is 1090. The lowest BCUT2D eigenvalue weighted by Crippen LogP contribution is -2.59. The number of carbonyl (C=O) groups excluding carboxylic acids is 1. The van der Waals surface area contributed by atoms with Crippen LogP contribution in [0.5, 0.6) is 0 Å². The third kappa shape index (κ3) is 4.21. The van der Waals surface area contributed by atoms with Gasteiger partial charge in [0.25, 0.3) is 0 Å². The largest absolute Gasteiger partial charge is 0.384 e. The van der Waals surface area contributed by atoms with Crippen LogP contribution >= 0.6 is 22.9 Å². The maximum absolute atomic E-state index is 13.1. The number of nitrogens with one attached hydrogen (secondary N) is 1. The van der Waals surface area contributed by atoms with Gasteiger partial charge in [0.05, 0.1) is 6.04 Å². The number of benzene rings is 2. The summed E-state index contributed by atoms with van der Waals surface area (Å²) in [5, 5.41) is 9.45. The molecule has 0 aliphatic carbocycles. The fourth-order valence-electron chi connectivity index (χ4n) is 4.06. The van der Waals surface area contributed by atoms with Crippen LogP contribution in [0.4, 0.5) is 0 Å². The number of rotatable bonds is 5. The van der Waals surface area contributed by atoms with Crippen LogP contribution in [0.2, 0.25) is 5.02 Å². The van der Waals surface area contributed by atoms with Gasteiger partial charge in [-0.2, -0.15) is 0 Å². The highest BCUT2D eigenvalue weighted by molar-refractivity contribution is 7.19. The molecule has 1 saturated heterocycles. The molecule has 1 aliphatic rings. The first-order valence-electron chi connectivity index (χ1n) is 9.97. The molecule has 0 bridgehead atoms. The third-order valence-corrected chi connectivity index (χ3v) is 7.04. The van der Waals surface area contributed by atoms with Gasteiger partial charge in [-0.1, -0.05) is 41.9 Å². The monoisotopic (exact) mass is 440 g/mol. The molecule has 5 nitrogen and oxygen atoms in total. The lowest BCUT2D eigenvalue weighted by atomic mass is 10.0. The number of hydrogen-bond acceptors (Lipinski definition) is 4. The van der Waals surface area contributed by atoms with Crippen molar-refractivity contribution in [2.45, 2.75) is 39.0 Å². The molecule has 1 fully saturated rings. The number of piperazine rings is 1. The van der Waals surface area contributed by atoms with E-state index in [0.29, 0.717) is 18.7 Å². The van der Waals surface area contributed by atoms with E-state index in [2.05, 4.69) is 17.9 Å². The topological polar surface area (TPSA) is 73.4 Å². The quantitative estimate of drug-likeness (QED) is 0.454. The van der Waals surface area contributed by atoms with E-state index < -0.39 is 0 Å². The fraction of sp³-hybridized carbons (Fsp3) is 0.304.